The summed E-state index contributed by atoms with van der Waals surface area (Å²) in [5.74, 6) is 0.181. The highest BCUT2D eigenvalue weighted by Gasteiger charge is 2.24. The van der Waals surface area contributed by atoms with Crippen molar-refractivity contribution in [2.45, 2.75) is 33.2 Å². The van der Waals surface area contributed by atoms with Crippen LogP contribution in [0.2, 0.25) is 0 Å². The van der Waals surface area contributed by atoms with Crippen molar-refractivity contribution in [2.24, 2.45) is 0 Å². The van der Waals surface area contributed by atoms with Gasteiger partial charge in [-0.2, -0.15) is 0 Å². The highest BCUT2D eigenvalue weighted by molar-refractivity contribution is 6.06. The van der Waals surface area contributed by atoms with Crippen molar-refractivity contribution in [1.29, 1.82) is 0 Å². The average molecular weight is 448 g/mol. The number of H-pyrrole nitrogens is 1. The fourth-order valence-corrected chi connectivity index (χ4v) is 3.54. The molecule has 170 valence electrons. The molecule has 9 heteroatoms. The van der Waals surface area contributed by atoms with E-state index < -0.39 is 17.2 Å². The molecule has 0 aliphatic heterocycles. The van der Waals surface area contributed by atoms with E-state index in [1.54, 1.807) is 49.5 Å². The SMILES string of the molecule is CCCCOc1ncccc1CNC(=O)c1c(C)oc2[nH]c(=O)n(-c3ccccc3)c(=O)c12. The molecule has 3 aromatic heterocycles. The molecule has 0 bridgehead atoms. The highest BCUT2D eigenvalue weighted by atomic mass is 16.5. The van der Waals surface area contributed by atoms with Crippen LogP contribution in [0.4, 0.5) is 0 Å². The maximum absolute atomic E-state index is 13.2. The number of ether oxygens (including phenoxy) is 1. The predicted octanol–water partition coefficient (Wildman–Crippen LogP) is 3.08. The smallest absolute Gasteiger partial charge is 0.335 e. The maximum atomic E-state index is 13.2. The van der Waals surface area contributed by atoms with Gasteiger partial charge in [0.15, 0.2) is 0 Å². The number of carbonyl (C=O) groups is 1. The van der Waals surface area contributed by atoms with Gasteiger partial charge in [-0.25, -0.2) is 14.3 Å². The van der Waals surface area contributed by atoms with Gasteiger partial charge >= 0.3 is 5.69 Å². The van der Waals surface area contributed by atoms with Gasteiger partial charge in [-0.05, 0) is 31.5 Å². The van der Waals surface area contributed by atoms with E-state index in [1.807, 2.05) is 6.07 Å². The largest absolute Gasteiger partial charge is 0.477 e. The van der Waals surface area contributed by atoms with Gasteiger partial charge in [-0.15, -0.1) is 0 Å². The van der Waals surface area contributed by atoms with Crippen molar-refractivity contribution in [3.63, 3.8) is 0 Å². The number of para-hydroxylation sites is 1. The summed E-state index contributed by atoms with van der Waals surface area (Å²) in [5.41, 5.74) is -0.142. The van der Waals surface area contributed by atoms with Crippen molar-refractivity contribution < 1.29 is 13.9 Å². The van der Waals surface area contributed by atoms with Gasteiger partial charge in [-0.1, -0.05) is 37.6 Å². The van der Waals surface area contributed by atoms with Crippen LogP contribution in [0.25, 0.3) is 16.8 Å². The summed E-state index contributed by atoms with van der Waals surface area (Å²) in [5, 5.41) is 2.82. The molecule has 0 aliphatic rings. The quantitative estimate of drug-likeness (QED) is 0.400. The topological polar surface area (TPSA) is 119 Å². The number of aromatic nitrogens is 3. The van der Waals surface area contributed by atoms with Crippen molar-refractivity contribution in [2.75, 3.05) is 6.61 Å². The molecule has 9 nitrogen and oxygen atoms in total. The number of nitrogens with one attached hydrogen (secondary N) is 2. The average Bonchev–Trinajstić information content (AvgIpc) is 3.15. The summed E-state index contributed by atoms with van der Waals surface area (Å²) >= 11 is 0. The zero-order valence-electron chi connectivity index (χ0n) is 18.4. The Hall–Kier alpha value is -4.14. The van der Waals surface area contributed by atoms with Gasteiger partial charge in [0.1, 0.15) is 11.1 Å². The first-order valence-electron chi connectivity index (χ1n) is 10.7. The van der Waals surface area contributed by atoms with Crippen LogP contribution in [-0.2, 0) is 6.54 Å². The van der Waals surface area contributed by atoms with Crippen molar-refractivity contribution >= 4 is 17.0 Å². The van der Waals surface area contributed by atoms with E-state index in [0.29, 0.717) is 23.7 Å². The molecule has 0 spiro atoms. The van der Waals surface area contributed by atoms with Crippen LogP contribution >= 0.6 is 0 Å². The molecule has 1 aromatic carbocycles. The summed E-state index contributed by atoms with van der Waals surface area (Å²) in [7, 11) is 0. The van der Waals surface area contributed by atoms with E-state index in [9.17, 15) is 14.4 Å². The Morgan fingerprint density at radius 2 is 1.97 bits per heavy atom. The fraction of sp³-hybridized carbons (Fsp3) is 0.250. The number of hydrogen-bond acceptors (Lipinski definition) is 6. The van der Waals surface area contributed by atoms with E-state index in [0.717, 1.165) is 17.4 Å². The lowest BCUT2D eigenvalue weighted by atomic mass is 10.1. The summed E-state index contributed by atoms with van der Waals surface area (Å²) in [6, 6.07) is 12.1. The van der Waals surface area contributed by atoms with Gasteiger partial charge in [0.25, 0.3) is 11.5 Å². The predicted molar refractivity (Wildman–Crippen MR) is 123 cm³/mol. The number of benzene rings is 1. The number of amides is 1. The number of hydrogen-bond donors (Lipinski definition) is 2. The second kappa shape index (κ2) is 9.56. The third kappa shape index (κ3) is 4.43. The van der Waals surface area contributed by atoms with Gasteiger partial charge in [0.2, 0.25) is 11.6 Å². The molecule has 0 radical (unpaired) electrons. The first-order valence-corrected chi connectivity index (χ1v) is 10.7. The summed E-state index contributed by atoms with van der Waals surface area (Å²) in [6.07, 6.45) is 3.52. The molecule has 0 fully saturated rings. The molecule has 0 atom stereocenters. The zero-order chi connectivity index (χ0) is 23.4. The molecule has 2 N–H and O–H groups in total. The Kier molecular flexibility index (Phi) is 6.39. The molecule has 0 saturated heterocycles. The van der Waals surface area contributed by atoms with Crippen LogP contribution in [0.1, 0.15) is 41.4 Å². The number of aromatic amines is 1. The van der Waals surface area contributed by atoms with Crippen molar-refractivity contribution in [3.8, 4) is 11.6 Å². The minimum absolute atomic E-state index is 0.0130. The third-order valence-corrected chi connectivity index (χ3v) is 5.19. The lowest BCUT2D eigenvalue weighted by Gasteiger charge is -2.11. The number of unbranched alkanes of at least 4 members (excludes halogenated alkanes) is 1. The van der Waals surface area contributed by atoms with E-state index >= 15 is 0 Å². The molecular formula is C24H24N4O5. The molecule has 0 saturated carbocycles. The molecule has 1 amide bonds. The van der Waals surface area contributed by atoms with E-state index in [1.165, 1.54) is 0 Å². The number of pyridine rings is 1. The van der Waals surface area contributed by atoms with Gasteiger partial charge in [0, 0.05) is 18.3 Å². The normalized spacial score (nSPS) is 11.0. The lowest BCUT2D eigenvalue weighted by molar-refractivity contribution is 0.0950. The Morgan fingerprint density at radius 1 is 1.18 bits per heavy atom. The van der Waals surface area contributed by atoms with Crippen LogP contribution in [0.15, 0.2) is 62.7 Å². The highest BCUT2D eigenvalue weighted by Crippen LogP contribution is 2.21. The molecule has 4 rings (SSSR count). The zero-order valence-corrected chi connectivity index (χ0v) is 18.4. The first-order chi connectivity index (χ1) is 16.0. The maximum Gasteiger partial charge on any atom is 0.335 e. The molecule has 0 aliphatic carbocycles. The Labute approximate surface area is 189 Å². The molecular weight excluding hydrogens is 424 g/mol. The lowest BCUT2D eigenvalue weighted by Crippen LogP contribution is -2.34. The van der Waals surface area contributed by atoms with Crippen LogP contribution in [0, 0.1) is 6.92 Å². The Balaban J connectivity index is 1.67. The van der Waals surface area contributed by atoms with E-state index in [-0.39, 0.29) is 29.0 Å². The third-order valence-electron chi connectivity index (χ3n) is 5.19. The second-order valence-corrected chi connectivity index (χ2v) is 7.50. The number of furan rings is 1. The first kappa shape index (κ1) is 22.1. The Morgan fingerprint density at radius 3 is 2.73 bits per heavy atom. The molecule has 33 heavy (non-hydrogen) atoms. The van der Waals surface area contributed by atoms with Crippen LogP contribution in [0.5, 0.6) is 5.88 Å². The second-order valence-electron chi connectivity index (χ2n) is 7.50. The van der Waals surface area contributed by atoms with E-state index in [2.05, 4.69) is 22.2 Å². The number of aryl methyl sites for hydroxylation is 1. The van der Waals surface area contributed by atoms with Gasteiger partial charge < -0.3 is 14.5 Å². The minimum Gasteiger partial charge on any atom is -0.477 e. The minimum atomic E-state index is -0.649. The Bertz CT molecular complexity index is 1400. The molecule has 3 heterocycles. The summed E-state index contributed by atoms with van der Waals surface area (Å²) in [4.78, 5) is 45.7. The van der Waals surface area contributed by atoms with Crippen molar-refractivity contribution in [1.82, 2.24) is 19.9 Å². The van der Waals surface area contributed by atoms with Crippen LogP contribution < -0.4 is 21.3 Å². The number of rotatable bonds is 8. The standard InChI is InChI=1S/C24H24N4O5/c1-3-4-13-32-21-16(9-8-12-25-21)14-26-20(29)18-15(2)33-22-19(18)23(30)28(24(31)27-22)17-10-6-5-7-11-17/h5-12H,3-4,13-14H2,1-2H3,(H,26,29)(H,27,31). The van der Waals surface area contributed by atoms with Crippen LogP contribution in [0.3, 0.4) is 0 Å². The number of nitrogens with zero attached hydrogens (tertiary/aromatic N) is 2. The fourth-order valence-electron chi connectivity index (χ4n) is 3.54. The number of carbonyl (C=O) groups excluding carboxylic acids is 1. The van der Waals surface area contributed by atoms with Gasteiger partial charge in [0.05, 0.1) is 17.9 Å². The molecule has 4 aromatic rings. The number of fused-ring (bicyclic) bond motifs is 1. The van der Waals surface area contributed by atoms with E-state index in [4.69, 9.17) is 9.15 Å². The summed E-state index contributed by atoms with van der Waals surface area (Å²) < 4.78 is 12.2. The van der Waals surface area contributed by atoms with Crippen molar-refractivity contribution in [3.05, 3.63) is 86.4 Å². The molecule has 0 unspecified atom stereocenters. The summed E-state index contributed by atoms with van der Waals surface area (Å²) in [6.45, 7) is 4.32. The monoisotopic (exact) mass is 448 g/mol. The van der Waals surface area contributed by atoms with Gasteiger partial charge in [-0.3, -0.25) is 14.6 Å². The van der Waals surface area contributed by atoms with Crippen LogP contribution in [-0.4, -0.2) is 27.0 Å².